The summed E-state index contributed by atoms with van der Waals surface area (Å²) in [6.07, 6.45) is 5.11. The van der Waals surface area contributed by atoms with Crippen molar-refractivity contribution in [1.29, 1.82) is 0 Å². The number of carbonyl (C=O) groups is 1. The summed E-state index contributed by atoms with van der Waals surface area (Å²) >= 11 is 0. The van der Waals surface area contributed by atoms with E-state index in [0.717, 1.165) is 17.4 Å². The Bertz CT molecular complexity index is 771. The minimum atomic E-state index is -0.170. The van der Waals surface area contributed by atoms with Gasteiger partial charge in [-0.3, -0.25) is 9.48 Å². The van der Waals surface area contributed by atoms with Gasteiger partial charge in [-0.25, -0.2) is 0 Å². The number of aromatic nitrogens is 3. The molecule has 0 aliphatic carbocycles. The first kappa shape index (κ1) is 12.3. The van der Waals surface area contributed by atoms with E-state index in [9.17, 15) is 4.79 Å². The lowest BCUT2D eigenvalue weighted by Crippen LogP contribution is -2.10. The minimum absolute atomic E-state index is 0.170. The number of amides is 1. The Morgan fingerprint density at radius 3 is 3.10 bits per heavy atom. The van der Waals surface area contributed by atoms with Crippen LogP contribution in [-0.4, -0.2) is 20.7 Å². The lowest BCUT2D eigenvalue weighted by atomic mass is 10.1. The first-order valence-corrected chi connectivity index (χ1v) is 6.38. The average molecular weight is 269 g/mol. The molecule has 0 radical (unpaired) electrons. The standard InChI is InChI=1S/C14H15N5O/c1-2-19-8-10(6-17-19)18-14(20)12-7-16-13-5-9(15)3-4-11(12)13/h3-8,16H,2,15H2,1H3,(H,18,20). The van der Waals surface area contributed by atoms with Crippen molar-refractivity contribution in [2.24, 2.45) is 0 Å². The van der Waals surface area contributed by atoms with E-state index in [1.165, 1.54) is 0 Å². The quantitative estimate of drug-likeness (QED) is 0.637. The summed E-state index contributed by atoms with van der Waals surface area (Å²) in [5.74, 6) is -0.170. The summed E-state index contributed by atoms with van der Waals surface area (Å²) in [5.41, 5.74) is 8.50. The molecule has 1 amide bonds. The van der Waals surface area contributed by atoms with Crippen LogP contribution in [0.3, 0.4) is 0 Å². The molecule has 102 valence electrons. The Kier molecular flexibility index (Phi) is 2.90. The van der Waals surface area contributed by atoms with E-state index in [4.69, 9.17) is 5.73 Å². The van der Waals surface area contributed by atoms with Gasteiger partial charge in [-0.15, -0.1) is 0 Å². The van der Waals surface area contributed by atoms with Crippen molar-refractivity contribution >= 4 is 28.2 Å². The summed E-state index contributed by atoms with van der Waals surface area (Å²) in [6, 6.07) is 5.43. The lowest BCUT2D eigenvalue weighted by molar-refractivity contribution is 0.102. The van der Waals surface area contributed by atoms with Crippen LogP contribution in [0.5, 0.6) is 0 Å². The largest absolute Gasteiger partial charge is 0.399 e. The molecule has 6 nitrogen and oxygen atoms in total. The molecular formula is C14H15N5O. The van der Waals surface area contributed by atoms with Crippen molar-refractivity contribution in [3.05, 3.63) is 42.4 Å². The fraction of sp³-hybridized carbons (Fsp3) is 0.143. The number of nitrogen functional groups attached to an aromatic ring is 1. The number of rotatable bonds is 3. The van der Waals surface area contributed by atoms with Crippen molar-refractivity contribution in [3.63, 3.8) is 0 Å². The van der Waals surface area contributed by atoms with Crippen LogP contribution in [0.15, 0.2) is 36.8 Å². The number of nitrogens with one attached hydrogen (secondary N) is 2. The number of anilines is 2. The summed E-state index contributed by atoms with van der Waals surface area (Å²) < 4.78 is 1.76. The van der Waals surface area contributed by atoms with Crippen molar-refractivity contribution < 1.29 is 4.79 Å². The first-order valence-electron chi connectivity index (χ1n) is 6.38. The molecule has 2 heterocycles. The van der Waals surface area contributed by atoms with E-state index in [1.54, 1.807) is 35.4 Å². The first-order chi connectivity index (χ1) is 9.67. The zero-order chi connectivity index (χ0) is 14.1. The summed E-state index contributed by atoms with van der Waals surface area (Å²) in [4.78, 5) is 15.3. The van der Waals surface area contributed by atoms with Crippen molar-refractivity contribution in [1.82, 2.24) is 14.8 Å². The summed E-state index contributed by atoms with van der Waals surface area (Å²) in [6.45, 7) is 2.75. The molecule has 20 heavy (non-hydrogen) atoms. The third-order valence-corrected chi connectivity index (χ3v) is 3.17. The van der Waals surface area contributed by atoms with Crippen LogP contribution in [0.2, 0.25) is 0 Å². The molecule has 0 spiro atoms. The van der Waals surface area contributed by atoms with E-state index in [1.807, 2.05) is 13.0 Å². The van der Waals surface area contributed by atoms with Gasteiger partial charge in [0.2, 0.25) is 0 Å². The number of benzene rings is 1. The smallest absolute Gasteiger partial charge is 0.257 e. The zero-order valence-corrected chi connectivity index (χ0v) is 11.1. The second-order valence-electron chi connectivity index (χ2n) is 4.55. The molecule has 0 aliphatic rings. The van der Waals surface area contributed by atoms with Crippen LogP contribution in [0.1, 0.15) is 17.3 Å². The molecule has 1 aromatic carbocycles. The molecule has 2 aromatic heterocycles. The van der Waals surface area contributed by atoms with E-state index < -0.39 is 0 Å². The predicted molar refractivity (Wildman–Crippen MR) is 78.6 cm³/mol. The Balaban J connectivity index is 1.88. The topological polar surface area (TPSA) is 88.7 Å². The number of nitrogens with zero attached hydrogens (tertiary/aromatic N) is 2. The zero-order valence-electron chi connectivity index (χ0n) is 11.1. The molecule has 4 N–H and O–H groups in total. The van der Waals surface area contributed by atoms with Gasteiger partial charge in [-0.2, -0.15) is 5.10 Å². The molecule has 0 saturated carbocycles. The number of aromatic amines is 1. The summed E-state index contributed by atoms with van der Waals surface area (Å²) in [7, 11) is 0. The van der Waals surface area contributed by atoms with Gasteiger partial charge in [0.1, 0.15) is 0 Å². The highest BCUT2D eigenvalue weighted by Gasteiger charge is 2.13. The number of carbonyl (C=O) groups excluding carboxylic acids is 1. The van der Waals surface area contributed by atoms with Crippen LogP contribution < -0.4 is 11.1 Å². The highest BCUT2D eigenvalue weighted by Crippen LogP contribution is 2.21. The number of aryl methyl sites for hydroxylation is 1. The molecule has 0 bridgehead atoms. The summed E-state index contributed by atoms with van der Waals surface area (Å²) in [5, 5.41) is 7.80. The van der Waals surface area contributed by atoms with Crippen LogP contribution in [0.25, 0.3) is 10.9 Å². The number of nitrogens with two attached hydrogens (primary N) is 1. The van der Waals surface area contributed by atoms with Gasteiger partial charge in [-0.1, -0.05) is 0 Å². The maximum Gasteiger partial charge on any atom is 0.257 e. The van der Waals surface area contributed by atoms with Gasteiger partial charge >= 0.3 is 0 Å². The Labute approximate surface area is 115 Å². The van der Waals surface area contributed by atoms with Crippen molar-refractivity contribution in [2.75, 3.05) is 11.1 Å². The maximum atomic E-state index is 12.3. The third kappa shape index (κ3) is 2.11. The molecule has 0 unspecified atom stereocenters. The third-order valence-electron chi connectivity index (χ3n) is 3.17. The van der Waals surface area contributed by atoms with Gasteiger partial charge < -0.3 is 16.0 Å². The second-order valence-corrected chi connectivity index (χ2v) is 4.55. The highest BCUT2D eigenvalue weighted by atomic mass is 16.1. The van der Waals surface area contributed by atoms with Crippen LogP contribution in [-0.2, 0) is 6.54 Å². The molecular weight excluding hydrogens is 254 g/mol. The van der Waals surface area contributed by atoms with Crippen molar-refractivity contribution in [2.45, 2.75) is 13.5 Å². The number of hydrogen-bond donors (Lipinski definition) is 3. The van der Waals surface area contributed by atoms with E-state index in [-0.39, 0.29) is 5.91 Å². The van der Waals surface area contributed by atoms with Gasteiger partial charge in [0.15, 0.2) is 0 Å². The molecule has 0 fully saturated rings. The Hall–Kier alpha value is -2.76. The van der Waals surface area contributed by atoms with E-state index in [2.05, 4.69) is 15.4 Å². The molecule has 0 saturated heterocycles. The monoisotopic (exact) mass is 269 g/mol. The van der Waals surface area contributed by atoms with Gasteiger partial charge in [0.25, 0.3) is 5.91 Å². The fourth-order valence-corrected chi connectivity index (χ4v) is 2.13. The average Bonchev–Trinajstić information content (AvgIpc) is 3.04. The minimum Gasteiger partial charge on any atom is -0.399 e. The van der Waals surface area contributed by atoms with Gasteiger partial charge in [0.05, 0.1) is 17.4 Å². The Morgan fingerprint density at radius 1 is 1.50 bits per heavy atom. The molecule has 3 aromatic rings. The SMILES string of the molecule is CCn1cc(NC(=O)c2c[nH]c3cc(N)ccc23)cn1. The molecule has 6 heteroatoms. The Morgan fingerprint density at radius 2 is 2.35 bits per heavy atom. The van der Waals surface area contributed by atoms with E-state index >= 15 is 0 Å². The molecule has 3 rings (SSSR count). The fourth-order valence-electron chi connectivity index (χ4n) is 2.13. The molecule has 0 atom stereocenters. The lowest BCUT2D eigenvalue weighted by Gasteiger charge is -2.01. The van der Waals surface area contributed by atoms with Crippen molar-refractivity contribution in [3.8, 4) is 0 Å². The van der Waals surface area contributed by atoms with Crippen LogP contribution in [0.4, 0.5) is 11.4 Å². The number of fused-ring (bicyclic) bond motifs is 1. The van der Waals surface area contributed by atoms with Gasteiger partial charge in [-0.05, 0) is 25.1 Å². The van der Waals surface area contributed by atoms with E-state index in [0.29, 0.717) is 16.9 Å². The van der Waals surface area contributed by atoms with Crippen LogP contribution in [0, 0.1) is 0 Å². The second kappa shape index (κ2) is 4.73. The van der Waals surface area contributed by atoms with Gasteiger partial charge in [0, 0.05) is 35.5 Å². The highest BCUT2D eigenvalue weighted by molar-refractivity contribution is 6.13. The number of hydrogen-bond acceptors (Lipinski definition) is 3. The molecule has 0 aliphatic heterocycles. The number of H-pyrrole nitrogens is 1. The predicted octanol–water partition coefficient (Wildman–Crippen LogP) is 2.22. The van der Waals surface area contributed by atoms with Crippen LogP contribution >= 0.6 is 0 Å². The maximum absolute atomic E-state index is 12.3. The normalized spacial score (nSPS) is 10.8.